The summed E-state index contributed by atoms with van der Waals surface area (Å²) in [6.07, 6.45) is 0. The molecule has 0 radical (unpaired) electrons. The van der Waals surface area contributed by atoms with Crippen molar-refractivity contribution in [3.8, 4) is 17.2 Å². The molecule has 0 atom stereocenters. The number of nitrogens with zero attached hydrogens (tertiary/aromatic N) is 1. The Morgan fingerprint density at radius 2 is 1.28 bits per heavy atom. The molecule has 0 spiro atoms. The van der Waals surface area contributed by atoms with Gasteiger partial charge in [0.1, 0.15) is 5.75 Å². The van der Waals surface area contributed by atoms with Gasteiger partial charge in [-0.1, -0.05) is 6.07 Å². The molecule has 0 saturated heterocycles. The molecule has 0 fully saturated rings. The van der Waals surface area contributed by atoms with E-state index in [-0.39, 0.29) is 21.1 Å². The number of nitrogens with one attached hydrogen (secondary N) is 2. The van der Waals surface area contributed by atoms with Crippen LogP contribution in [0.5, 0.6) is 17.2 Å². The number of carbonyl (C=O) groups is 1. The number of aryl methyl sites for hydroxylation is 1. The minimum Gasteiger partial charge on any atom is -0.495 e. The van der Waals surface area contributed by atoms with Crippen molar-refractivity contribution in [2.24, 2.45) is 0 Å². The topological polar surface area (TPSA) is 140 Å². The van der Waals surface area contributed by atoms with Crippen LogP contribution in [0.15, 0.2) is 94.7 Å². The van der Waals surface area contributed by atoms with Crippen molar-refractivity contribution in [3.63, 3.8) is 0 Å². The molecule has 0 unspecified atom stereocenters. The fraction of sp³-hybridized carbons (Fsp3) is 0.167. The van der Waals surface area contributed by atoms with Gasteiger partial charge in [-0.25, -0.2) is 16.8 Å². The van der Waals surface area contributed by atoms with E-state index in [0.29, 0.717) is 28.6 Å². The van der Waals surface area contributed by atoms with Gasteiger partial charge in [-0.05, 0) is 85.3 Å². The lowest BCUT2D eigenvalue weighted by molar-refractivity contribution is 0.102. The third-order valence-corrected chi connectivity index (χ3v) is 9.69. The van der Waals surface area contributed by atoms with Gasteiger partial charge in [0.15, 0.2) is 11.5 Å². The molecule has 0 aliphatic carbocycles. The average molecular weight is 626 g/mol. The molecule has 0 aliphatic heterocycles. The minimum atomic E-state index is -3.94. The Bertz CT molecular complexity index is 1840. The molecule has 0 aromatic heterocycles. The molecule has 4 rings (SSSR count). The van der Waals surface area contributed by atoms with Crippen LogP contribution in [0.25, 0.3) is 0 Å². The van der Waals surface area contributed by atoms with Crippen LogP contribution in [0.4, 0.5) is 17.1 Å². The fourth-order valence-corrected chi connectivity index (χ4v) is 6.40. The standard InChI is InChI=1S/C30H31N3O8S2/c1-20-6-16-27(39-3)26(18-20)32-42(35,36)24-13-9-22(10-14-24)31-30(34)21-7-11-23(12-8-21)33(2)43(37,38)25-15-17-28(40-4)29(19-25)41-5/h6-19,32H,1-5H3,(H,31,34). The van der Waals surface area contributed by atoms with Crippen LogP contribution in [0.2, 0.25) is 0 Å². The number of carbonyl (C=O) groups excluding carboxylic acids is 1. The van der Waals surface area contributed by atoms with E-state index in [2.05, 4.69) is 10.0 Å². The Labute approximate surface area is 251 Å². The number of sulfonamides is 2. The van der Waals surface area contributed by atoms with E-state index in [1.165, 1.54) is 95.1 Å². The van der Waals surface area contributed by atoms with Gasteiger partial charge in [0.05, 0.1) is 42.5 Å². The number of ether oxygens (including phenoxy) is 3. The molecule has 1 amide bonds. The second-order valence-electron chi connectivity index (χ2n) is 9.32. The zero-order valence-corrected chi connectivity index (χ0v) is 25.7. The lowest BCUT2D eigenvalue weighted by atomic mass is 10.2. The molecule has 11 nitrogen and oxygen atoms in total. The molecule has 0 bridgehead atoms. The van der Waals surface area contributed by atoms with E-state index < -0.39 is 26.0 Å². The van der Waals surface area contributed by atoms with Crippen LogP contribution >= 0.6 is 0 Å². The second-order valence-corrected chi connectivity index (χ2v) is 13.0. The predicted octanol–water partition coefficient (Wildman–Crippen LogP) is 4.90. The summed E-state index contributed by atoms with van der Waals surface area (Å²) in [7, 11) is -2.13. The van der Waals surface area contributed by atoms with Crippen molar-refractivity contribution < 1.29 is 35.8 Å². The third-order valence-electron chi connectivity index (χ3n) is 6.53. The van der Waals surface area contributed by atoms with E-state index in [1.807, 2.05) is 13.0 Å². The highest BCUT2D eigenvalue weighted by Gasteiger charge is 2.23. The van der Waals surface area contributed by atoms with Gasteiger partial charge in [0, 0.05) is 24.4 Å². The zero-order valence-electron chi connectivity index (χ0n) is 24.1. The summed E-state index contributed by atoms with van der Waals surface area (Å²) in [4.78, 5) is 12.9. The molecule has 43 heavy (non-hydrogen) atoms. The summed E-state index contributed by atoms with van der Waals surface area (Å²) in [5, 5.41) is 2.71. The predicted molar refractivity (Wildman–Crippen MR) is 165 cm³/mol. The maximum atomic E-state index is 13.2. The van der Waals surface area contributed by atoms with Crippen LogP contribution in [0.3, 0.4) is 0 Å². The monoisotopic (exact) mass is 625 g/mol. The molecule has 13 heteroatoms. The zero-order chi connectivity index (χ0) is 31.4. The first-order valence-corrected chi connectivity index (χ1v) is 15.7. The van der Waals surface area contributed by atoms with Crippen molar-refractivity contribution in [1.29, 1.82) is 0 Å². The molecule has 0 aliphatic rings. The highest BCUT2D eigenvalue weighted by molar-refractivity contribution is 7.93. The van der Waals surface area contributed by atoms with Gasteiger partial charge >= 0.3 is 0 Å². The quantitative estimate of drug-likeness (QED) is 0.240. The Kier molecular flexibility index (Phi) is 9.16. The largest absolute Gasteiger partial charge is 0.495 e. The molecule has 0 saturated carbocycles. The summed E-state index contributed by atoms with van der Waals surface area (Å²) < 4.78 is 71.5. The van der Waals surface area contributed by atoms with Crippen LogP contribution in [0, 0.1) is 6.92 Å². The molecule has 4 aromatic rings. The smallest absolute Gasteiger partial charge is 0.264 e. The maximum absolute atomic E-state index is 13.2. The second kappa shape index (κ2) is 12.6. The van der Waals surface area contributed by atoms with Crippen LogP contribution in [-0.2, 0) is 20.0 Å². The molecule has 4 aromatic carbocycles. The Hall–Kier alpha value is -4.75. The van der Waals surface area contributed by atoms with Gasteiger partial charge in [-0.3, -0.25) is 13.8 Å². The summed E-state index contributed by atoms with van der Waals surface area (Å²) in [5.74, 6) is 0.594. The highest BCUT2D eigenvalue weighted by atomic mass is 32.2. The normalized spacial score (nSPS) is 11.4. The Morgan fingerprint density at radius 1 is 0.698 bits per heavy atom. The molecular weight excluding hydrogens is 594 g/mol. The third kappa shape index (κ3) is 6.84. The Balaban J connectivity index is 1.45. The van der Waals surface area contributed by atoms with Crippen molar-refractivity contribution >= 4 is 43.0 Å². The minimum absolute atomic E-state index is 0.00265. The van der Waals surface area contributed by atoms with Gasteiger partial charge in [0.2, 0.25) is 0 Å². The van der Waals surface area contributed by atoms with Crippen LogP contribution < -0.4 is 28.6 Å². The summed E-state index contributed by atoms with van der Waals surface area (Å²) in [6, 6.07) is 21.1. The lowest BCUT2D eigenvalue weighted by Crippen LogP contribution is -2.26. The van der Waals surface area contributed by atoms with Gasteiger partial charge < -0.3 is 19.5 Å². The maximum Gasteiger partial charge on any atom is 0.264 e. The summed E-state index contributed by atoms with van der Waals surface area (Å²) in [6.45, 7) is 1.84. The van der Waals surface area contributed by atoms with E-state index in [9.17, 15) is 21.6 Å². The first-order chi connectivity index (χ1) is 20.4. The number of methoxy groups -OCH3 is 3. The van der Waals surface area contributed by atoms with E-state index in [0.717, 1.165) is 9.87 Å². The fourth-order valence-electron chi connectivity index (χ4n) is 4.12. The van der Waals surface area contributed by atoms with E-state index in [4.69, 9.17) is 14.2 Å². The van der Waals surface area contributed by atoms with Gasteiger partial charge in [-0.2, -0.15) is 0 Å². The van der Waals surface area contributed by atoms with Gasteiger partial charge in [0.25, 0.3) is 26.0 Å². The average Bonchev–Trinajstić information content (AvgIpc) is 3.00. The Morgan fingerprint density at radius 3 is 1.88 bits per heavy atom. The van der Waals surface area contributed by atoms with E-state index in [1.54, 1.807) is 12.1 Å². The van der Waals surface area contributed by atoms with Crippen molar-refractivity contribution in [2.45, 2.75) is 16.7 Å². The van der Waals surface area contributed by atoms with Crippen LogP contribution in [-0.4, -0.2) is 51.1 Å². The van der Waals surface area contributed by atoms with Gasteiger partial charge in [-0.15, -0.1) is 0 Å². The first kappa shape index (κ1) is 31.2. The van der Waals surface area contributed by atoms with E-state index >= 15 is 0 Å². The number of hydrogen-bond donors (Lipinski definition) is 2. The van der Waals surface area contributed by atoms with Crippen molar-refractivity contribution in [1.82, 2.24) is 0 Å². The number of hydrogen-bond acceptors (Lipinski definition) is 8. The first-order valence-electron chi connectivity index (χ1n) is 12.8. The number of rotatable bonds is 11. The SMILES string of the molecule is COc1ccc(C)cc1NS(=O)(=O)c1ccc(NC(=O)c2ccc(N(C)S(=O)(=O)c3ccc(OC)c(OC)c3)cc2)cc1. The lowest BCUT2D eigenvalue weighted by Gasteiger charge is -2.20. The van der Waals surface area contributed by atoms with Crippen molar-refractivity contribution in [2.75, 3.05) is 42.7 Å². The summed E-state index contributed by atoms with van der Waals surface area (Å²) >= 11 is 0. The number of amides is 1. The number of anilines is 3. The number of benzene rings is 4. The summed E-state index contributed by atoms with van der Waals surface area (Å²) in [5.41, 5.74) is 2.14. The van der Waals surface area contributed by atoms with Crippen LogP contribution in [0.1, 0.15) is 15.9 Å². The molecule has 2 N–H and O–H groups in total. The molecule has 226 valence electrons. The van der Waals surface area contributed by atoms with Crippen molar-refractivity contribution in [3.05, 3.63) is 96.1 Å². The molecule has 0 heterocycles. The highest BCUT2D eigenvalue weighted by Crippen LogP contribution is 2.32. The molecular formula is C30H31N3O8S2.